The summed E-state index contributed by atoms with van der Waals surface area (Å²) in [6.07, 6.45) is 8.40. The maximum absolute atomic E-state index is 11.8. The molecule has 6 aromatic rings. The number of rotatable bonds is 17. The molecule has 0 spiro atoms. The van der Waals surface area contributed by atoms with Crippen molar-refractivity contribution in [3.8, 4) is 35.1 Å². The molecule has 0 aromatic heterocycles. The second-order valence-corrected chi connectivity index (χ2v) is 16.3. The fourth-order valence-corrected chi connectivity index (χ4v) is 7.84. The Kier molecular flexibility index (Phi) is 24.5. The minimum absolute atomic E-state index is 0.00706. The maximum atomic E-state index is 11.8. The number of aldehydes is 2. The molecular weight excluding hydrogens is 991 g/mol. The summed E-state index contributed by atoms with van der Waals surface area (Å²) in [5.74, 6) is -2.93. The highest BCUT2D eigenvalue weighted by Crippen LogP contribution is 2.45. The highest BCUT2D eigenvalue weighted by molar-refractivity contribution is 5.95. The van der Waals surface area contributed by atoms with Gasteiger partial charge in [0.15, 0.2) is 0 Å². The van der Waals surface area contributed by atoms with Crippen molar-refractivity contribution >= 4 is 54.5 Å². The molecule has 0 atom stereocenters. The SMILES string of the molecule is C#C.COC(=O)CCNC(=O)OCC1c2ccccc2-c2ccccc21.COC(=O)CCNC(=O)c1ccc(C=O)cc1.O=C(O)CCNC(=O)OCC1c2ccccc2-c2ccccc21.O=Cc1ccc(C(=O)O)cc1. The Balaban J connectivity index is 0.000000227. The quantitative estimate of drug-likeness (QED) is 0.0249. The first kappa shape index (κ1) is 59.7. The molecule has 18 nitrogen and oxygen atoms in total. The van der Waals surface area contributed by atoms with E-state index in [1.807, 2.05) is 60.7 Å². The molecule has 2 aliphatic carbocycles. The van der Waals surface area contributed by atoms with Crippen molar-refractivity contribution in [3.63, 3.8) is 0 Å². The predicted octanol–water partition coefficient (Wildman–Crippen LogP) is 8.33. The average molecular weight is 1050 g/mol. The standard InChI is InChI=1S/C19H19NO4.C18H17NO4.C12H13NO4.C8H6O3.C2H2/c1-23-18(21)10-11-20-19(22)24-12-17-15-8-4-2-6-13(15)14-7-3-5-9-16(14)17;20-17(21)9-10-19-18(22)23-11-16-14-7-3-1-5-12(14)13-6-2-4-8-15(13)16;1-17-11(15)6-7-13-12(16)10-4-2-9(8-14)3-5-10;9-5-6-1-3-7(4-2-6)8(10)11;1-2/h2-9,17H,10-12H2,1H3,(H,20,22);1-8,16H,9-11H2,(H,19,22)(H,20,21);2-5,8H,6-7H2,1H3,(H,13,16);1-5H,(H,10,11);1-2H. The number of alkyl carbamates (subject to hydrolysis) is 2. The van der Waals surface area contributed by atoms with Crippen molar-refractivity contribution in [1.82, 2.24) is 16.0 Å². The van der Waals surface area contributed by atoms with Gasteiger partial charge in [-0.2, -0.15) is 0 Å². The smallest absolute Gasteiger partial charge is 0.407 e. The van der Waals surface area contributed by atoms with Gasteiger partial charge in [-0.3, -0.25) is 28.8 Å². The van der Waals surface area contributed by atoms with Crippen molar-refractivity contribution in [2.75, 3.05) is 47.1 Å². The number of carboxylic acids is 2. The zero-order valence-corrected chi connectivity index (χ0v) is 42.2. The molecule has 0 radical (unpaired) electrons. The zero-order valence-electron chi connectivity index (χ0n) is 42.2. The van der Waals surface area contributed by atoms with E-state index in [0.717, 1.165) is 11.1 Å². The van der Waals surface area contributed by atoms with Crippen molar-refractivity contribution < 1.29 is 72.3 Å². The van der Waals surface area contributed by atoms with Gasteiger partial charge in [-0.15, -0.1) is 12.8 Å². The van der Waals surface area contributed by atoms with Crippen molar-refractivity contribution in [1.29, 1.82) is 0 Å². The molecule has 3 amide bonds. The summed E-state index contributed by atoms with van der Waals surface area (Å²) in [4.78, 5) is 98.2. The normalized spacial score (nSPS) is 10.9. The van der Waals surface area contributed by atoms with E-state index in [1.165, 1.54) is 71.9 Å². The number of aliphatic carboxylic acids is 1. The lowest BCUT2D eigenvalue weighted by atomic mass is 9.98. The number of hydrogen-bond acceptors (Lipinski definition) is 13. The molecule has 0 bridgehead atoms. The zero-order chi connectivity index (χ0) is 56.1. The summed E-state index contributed by atoms with van der Waals surface area (Å²) >= 11 is 0. The largest absolute Gasteiger partial charge is 0.481 e. The third-order valence-electron chi connectivity index (χ3n) is 11.6. The monoisotopic (exact) mass is 1050 g/mol. The Morgan fingerprint density at radius 3 is 1.12 bits per heavy atom. The lowest BCUT2D eigenvalue weighted by Crippen LogP contribution is -2.28. The molecule has 6 aromatic carbocycles. The Labute approximate surface area is 444 Å². The van der Waals surface area contributed by atoms with Crippen LogP contribution in [-0.4, -0.2) is 112 Å². The van der Waals surface area contributed by atoms with Crippen LogP contribution in [0.3, 0.4) is 0 Å². The van der Waals surface area contributed by atoms with Gasteiger partial charge < -0.3 is 45.1 Å². The molecule has 0 heterocycles. The minimum atomic E-state index is -0.984. The van der Waals surface area contributed by atoms with Crippen molar-refractivity contribution in [2.24, 2.45) is 0 Å². The van der Waals surface area contributed by atoms with Gasteiger partial charge in [0.05, 0.1) is 39.0 Å². The molecule has 0 aliphatic heterocycles. The topological polar surface area (TPSA) is 267 Å². The van der Waals surface area contributed by atoms with Crippen LogP contribution < -0.4 is 16.0 Å². The second-order valence-electron chi connectivity index (χ2n) is 16.3. The van der Waals surface area contributed by atoms with Crippen LogP contribution in [0.4, 0.5) is 9.59 Å². The number of benzene rings is 6. The van der Waals surface area contributed by atoms with E-state index in [-0.39, 0.29) is 87.4 Å². The highest BCUT2D eigenvalue weighted by atomic mass is 16.6. The third-order valence-corrected chi connectivity index (χ3v) is 11.6. The molecule has 2 aliphatic rings. The molecule has 0 unspecified atom stereocenters. The summed E-state index contributed by atoms with van der Waals surface area (Å²) in [7, 11) is 2.61. The van der Waals surface area contributed by atoms with E-state index in [0.29, 0.717) is 29.3 Å². The summed E-state index contributed by atoms with van der Waals surface area (Å²) in [6.45, 7) is 0.974. The van der Waals surface area contributed by atoms with Crippen molar-refractivity contribution in [3.05, 3.63) is 190 Å². The highest BCUT2D eigenvalue weighted by Gasteiger charge is 2.30. The van der Waals surface area contributed by atoms with E-state index in [4.69, 9.17) is 19.7 Å². The molecule has 5 N–H and O–H groups in total. The molecule has 0 saturated heterocycles. The van der Waals surface area contributed by atoms with Crippen LogP contribution in [0, 0.1) is 12.8 Å². The molecule has 398 valence electrons. The predicted molar refractivity (Wildman–Crippen MR) is 285 cm³/mol. The summed E-state index contributed by atoms with van der Waals surface area (Å²) in [6, 6.07) is 44.5. The first-order valence-electron chi connectivity index (χ1n) is 23.8. The number of esters is 2. The van der Waals surface area contributed by atoms with Crippen molar-refractivity contribution in [2.45, 2.75) is 31.1 Å². The van der Waals surface area contributed by atoms with E-state index in [1.54, 1.807) is 24.3 Å². The number of carboxylic acid groups (broad SMARTS) is 2. The fraction of sp³-hybridized carbons (Fsp3) is 0.203. The van der Waals surface area contributed by atoms with Gasteiger partial charge in [0.1, 0.15) is 25.8 Å². The van der Waals surface area contributed by atoms with Gasteiger partial charge in [-0.05, 0) is 68.8 Å². The maximum Gasteiger partial charge on any atom is 0.407 e. The lowest BCUT2D eigenvalue weighted by molar-refractivity contribution is -0.141. The van der Waals surface area contributed by atoms with E-state index in [9.17, 15) is 43.2 Å². The van der Waals surface area contributed by atoms with Gasteiger partial charge in [0, 0.05) is 48.2 Å². The van der Waals surface area contributed by atoms with E-state index in [2.05, 4.69) is 74.7 Å². The van der Waals surface area contributed by atoms with Gasteiger partial charge >= 0.3 is 36.1 Å². The van der Waals surface area contributed by atoms with Crippen LogP contribution in [-0.2, 0) is 33.3 Å². The fourth-order valence-electron chi connectivity index (χ4n) is 7.84. The molecule has 8 rings (SSSR count). The Morgan fingerprint density at radius 1 is 0.468 bits per heavy atom. The van der Waals surface area contributed by atoms with Gasteiger partial charge in [-0.1, -0.05) is 121 Å². The number of amides is 3. The second kappa shape index (κ2) is 31.6. The molecule has 0 saturated carbocycles. The van der Waals surface area contributed by atoms with Crippen LogP contribution in [0.25, 0.3) is 22.3 Å². The number of methoxy groups -OCH3 is 2. The van der Waals surface area contributed by atoms with Gasteiger partial charge in [0.25, 0.3) is 5.91 Å². The lowest BCUT2D eigenvalue weighted by Gasteiger charge is -2.14. The number of aromatic carboxylic acids is 1. The van der Waals surface area contributed by atoms with E-state index < -0.39 is 24.1 Å². The first-order valence-corrected chi connectivity index (χ1v) is 23.8. The van der Waals surface area contributed by atoms with Crippen LogP contribution in [0.5, 0.6) is 0 Å². The third kappa shape index (κ3) is 18.2. The number of hydrogen-bond donors (Lipinski definition) is 5. The molecule has 77 heavy (non-hydrogen) atoms. The van der Waals surface area contributed by atoms with Crippen LogP contribution in [0.2, 0.25) is 0 Å². The number of carbonyl (C=O) groups is 9. The number of terminal acetylenes is 1. The van der Waals surface area contributed by atoms with Crippen LogP contribution in [0.15, 0.2) is 146 Å². The van der Waals surface area contributed by atoms with Crippen LogP contribution >= 0.6 is 0 Å². The number of carbonyl (C=O) groups excluding carboxylic acids is 7. The summed E-state index contributed by atoms with van der Waals surface area (Å²) in [5, 5.41) is 24.6. The molecular formula is C59H57N3O15. The van der Waals surface area contributed by atoms with Crippen LogP contribution in [0.1, 0.15) is 94.8 Å². The Bertz CT molecular complexity index is 2920. The van der Waals surface area contributed by atoms with Gasteiger partial charge in [-0.25, -0.2) is 14.4 Å². The minimum Gasteiger partial charge on any atom is -0.481 e. The average Bonchev–Trinajstić information content (AvgIpc) is 4.01. The number of fused-ring (bicyclic) bond motifs is 6. The molecule has 0 fully saturated rings. The first-order chi connectivity index (χ1) is 37.3. The summed E-state index contributed by atoms with van der Waals surface area (Å²) in [5.41, 5.74) is 11.0. The Hall–Kier alpha value is -9.89. The summed E-state index contributed by atoms with van der Waals surface area (Å²) < 4.78 is 19.6. The Morgan fingerprint density at radius 2 is 0.792 bits per heavy atom. The van der Waals surface area contributed by atoms with E-state index >= 15 is 0 Å². The number of ether oxygens (including phenoxy) is 4. The molecule has 18 heteroatoms. The van der Waals surface area contributed by atoms with Gasteiger partial charge in [0.2, 0.25) is 0 Å². The number of nitrogens with one attached hydrogen (secondary N) is 3.